The number of nitrogens with one attached hydrogen (secondary N) is 1. The molecule has 1 aliphatic rings. The SMILES string of the molecule is CC(C)CN(Cc1cccc(Oc2ccccc2)c1)C1CCNCC1. The number of ether oxygens (including phenoxy) is 1. The van der Waals surface area contributed by atoms with Crippen LogP contribution < -0.4 is 10.1 Å². The maximum atomic E-state index is 6.00. The standard InChI is InChI=1S/C22H30N2O/c1-18(2)16-24(20-11-13-23-14-12-20)17-19-7-6-10-22(15-19)25-21-8-4-3-5-9-21/h3-10,15,18,20,23H,11-14,16-17H2,1-2H3. The minimum atomic E-state index is 0.679. The predicted molar refractivity (Wildman–Crippen MR) is 104 cm³/mol. The molecule has 1 heterocycles. The Morgan fingerprint density at radius 2 is 1.72 bits per heavy atom. The van der Waals surface area contributed by atoms with E-state index in [2.05, 4.69) is 42.3 Å². The van der Waals surface area contributed by atoms with Gasteiger partial charge < -0.3 is 10.1 Å². The molecule has 3 rings (SSSR count). The van der Waals surface area contributed by atoms with E-state index in [1.807, 2.05) is 36.4 Å². The Balaban J connectivity index is 1.69. The molecule has 0 aromatic heterocycles. The summed E-state index contributed by atoms with van der Waals surface area (Å²) in [7, 11) is 0. The van der Waals surface area contributed by atoms with Crippen LogP contribution in [-0.2, 0) is 6.54 Å². The van der Waals surface area contributed by atoms with E-state index in [1.54, 1.807) is 0 Å². The second kappa shape index (κ2) is 9.02. The van der Waals surface area contributed by atoms with Crippen LogP contribution in [0.15, 0.2) is 54.6 Å². The Labute approximate surface area is 152 Å². The Kier molecular flexibility index (Phi) is 6.48. The van der Waals surface area contributed by atoms with Gasteiger partial charge >= 0.3 is 0 Å². The van der Waals surface area contributed by atoms with E-state index >= 15 is 0 Å². The van der Waals surface area contributed by atoms with Gasteiger partial charge in [0.1, 0.15) is 11.5 Å². The summed E-state index contributed by atoms with van der Waals surface area (Å²) in [5.74, 6) is 2.48. The number of benzene rings is 2. The summed E-state index contributed by atoms with van der Waals surface area (Å²) in [6.45, 7) is 9.03. The molecule has 0 amide bonds. The fraction of sp³-hybridized carbons (Fsp3) is 0.455. The summed E-state index contributed by atoms with van der Waals surface area (Å²) < 4.78 is 6.00. The summed E-state index contributed by atoms with van der Waals surface area (Å²) in [6, 6.07) is 19.2. The van der Waals surface area contributed by atoms with E-state index in [9.17, 15) is 0 Å². The smallest absolute Gasteiger partial charge is 0.127 e. The molecule has 3 heteroatoms. The first-order chi connectivity index (χ1) is 12.2. The molecule has 2 aromatic carbocycles. The van der Waals surface area contributed by atoms with Crippen molar-refractivity contribution in [2.24, 2.45) is 5.92 Å². The predicted octanol–water partition coefficient (Wildman–Crippen LogP) is 4.69. The first kappa shape index (κ1) is 18.0. The fourth-order valence-corrected chi connectivity index (χ4v) is 3.55. The summed E-state index contributed by atoms with van der Waals surface area (Å²) in [6.07, 6.45) is 2.49. The van der Waals surface area contributed by atoms with E-state index in [-0.39, 0.29) is 0 Å². The quantitative estimate of drug-likeness (QED) is 0.793. The van der Waals surface area contributed by atoms with Crippen LogP contribution in [0.1, 0.15) is 32.3 Å². The zero-order valence-electron chi connectivity index (χ0n) is 15.4. The lowest BCUT2D eigenvalue weighted by Gasteiger charge is -2.36. The number of para-hydroxylation sites is 1. The number of hydrogen-bond acceptors (Lipinski definition) is 3. The molecule has 0 saturated carbocycles. The van der Waals surface area contributed by atoms with Crippen molar-refractivity contribution >= 4 is 0 Å². The lowest BCUT2D eigenvalue weighted by atomic mass is 10.0. The van der Waals surface area contributed by atoms with Gasteiger partial charge in [0.25, 0.3) is 0 Å². The highest BCUT2D eigenvalue weighted by molar-refractivity contribution is 5.33. The van der Waals surface area contributed by atoms with Gasteiger partial charge in [-0.3, -0.25) is 4.90 Å². The van der Waals surface area contributed by atoms with Gasteiger partial charge in [0.15, 0.2) is 0 Å². The molecule has 134 valence electrons. The fourth-order valence-electron chi connectivity index (χ4n) is 3.55. The highest BCUT2D eigenvalue weighted by Gasteiger charge is 2.21. The first-order valence-electron chi connectivity index (χ1n) is 9.47. The van der Waals surface area contributed by atoms with Gasteiger partial charge in [0.2, 0.25) is 0 Å². The number of rotatable bonds is 7. The molecule has 1 saturated heterocycles. The number of piperidine rings is 1. The summed E-state index contributed by atoms with van der Waals surface area (Å²) >= 11 is 0. The van der Waals surface area contributed by atoms with Crippen LogP contribution in [0.25, 0.3) is 0 Å². The molecule has 1 aliphatic heterocycles. The van der Waals surface area contributed by atoms with Gasteiger partial charge in [-0.1, -0.05) is 44.2 Å². The van der Waals surface area contributed by atoms with Gasteiger partial charge in [-0.15, -0.1) is 0 Å². The maximum Gasteiger partial charge on any atom is 0.127 e. The van der Waals surface area contributed by atoms with Crippen LogP contribution in [0.3, 0.4) is 0 Å². The van der Waals surface area contributed by atoms with Gasteiger partial charge in [-0.2, -0.15) is 0 Å². The molecule has 25 heavy (non-hydrogen) atoms. The molecular formula is C22H30N2O. The van der Waals surface area contributed by atoms with Crippen molar-refractivity contribution in [1.82, 2.24) is 10.2 Å². The molecule has 2 aromatic rings. The minimum Gasteiger partial charge on any atom is -0.457 e. The minimum absolute atomic E-state index is 0.679. The summed E-state index contributed by atoms with van der Waals surface area (Å²) in [5.41, 5.74) is 1.33. The maximum absolute atomic E-state index is 6.00. The third kappa shape index (κ3) is 5.58. The first-order valence-corrected chi connectivity index (χ1v) is 9.47. The zero-order valence-corrected chi connectivity index (χ0v) is 15.4. The second-order valence-electron chi connectivity index (χ2n) is 7.37. The van der Waals surface area contributed by atoms with Crippen LogP contribution >= 0.6 is 0 Å². The van der Waals surface area contributed by atoms with Crippen LogP contribution in [0.2, 0.25) is 0 Å². The molecule has 1 N–H and O–H groups in total. The molecule has 0 radical (unpaired) electrons. The van der Waals surface area contributed by atoms with Crippen molar-refractivity contribution in [2.45, 2.75) is 39.3 Å². The van der Waals surface area contributed by atoms with E-state index in [1.165, 1.54) is 18.4 Å². The topological polar surface area (TPSA) is 24.5 Å². The van der Waals surface area contributed by atoms with Crippen molar-refractivity contribution in [3.8, 4) is 11.5 Å². The highest BCUT2D eigenvalue weighted by atomic mass is 16.5. The molecule has 3 nitrogen and oxygen atoms in total. The van der Waals surface area contributed by atoms with Gasteiger partial charge in [-0.25, -0.2) is 0 Å². The van der Waals surface area contributed by atoms with E-state index in [0.717, 1.165) is 37.7 Å². The van der Waals surface area contributed by atoms with Gasteiger partial charge in [-0.05, 0) is 61.7 Å². The molecule has 0 atom stereocenters. The van der Waals surface area contributed by atoms with Gasteiger partial charge in [0, 0.05) is 19.1 Å². The molecule has 0 unspecified atom stereocenters. The second-order valence-corrected chi connectivity index (χ2v) is 7.37. The van der Waals surface area contributed by atoms with Crippen LogP contribution in [0.5, 0.6) is 11.5 Å². The summed E-state index contributed by atoms with van der Waals surface area (Å²) in [4.78, 5) is 2.66. The summed E-state index contributed by atoms with van der Waals surface area (Å²) in [5, 5.41) is 3.48. The lowest BCUT2D eigenvalue weighted by molar-refractivity contribution is 0.137. The van der Waals surface area contributed by atoms with E-state index < -0.39 is 0 Å². The van der Waals surface area contributed by atoms with Crippen molar-refractivity contribution in [3.05, 3.63) is 60.2 Å². The van der Waals surface area contributed by atoms with Crippen LogP contribution in [0, 0.1) is 5.92 Å². The Morgan fingerprint density at radius 1 is 1.00 bits per heavy atom. The Hall–Kier alpha value is -1.84. The number of nitrogens with zero attached hydrogens (tertiary/aromatic N) is 1. The Bertz CT molecular complexity index is 635. The molecular weight excluding hydrogens is 308 g/mol. The average molecular weight is 338 g/mol. The highest BCUT2D eigenvalue weighted by Crippen LogP contribution is 2.24. The van der Waals surface area contributed by atoms with Crippen molar-refractivity contribution in [3.63, 3.8) is 0 Å². The molecule has 0 spiro atoms. The lowest BCUT2D eigenvalue weighted by Crippen LogP contribution is -2.44. The van der Waals surface area contributed by atoms with Crippen molar-refractivity contribution < 1.29 is 4.74 Å². The third-order valence-electron chi connectivity index (χ3n) is 4.69. The largest absolute Gasteiger partial charge is 0.457 e. The molecule has 1 fully saturated rings. The monoisotopic (exact) mass is 338 g/mol. The number of hydrogen-bond donors (Lipinski definition) is 1. The normalized spacial score (nSPS) is 15.7. The van der Waals surface area contributed by atoms with Crippen molar-refractivity contribution in [2.75, 3.05) is 19.6 Å². The van der Waals surface area contributed by atoms with Crippen molar-refractivity contribution in [1.29, 1.82) is 0 Å². The third-order valence-corrected chi connectivity index (χ3v) is 4.69. The van der Waals surface area contributed by atoms with E-state index in [0.29, 0.717) is 12.0 Å². The van der Waals surface area contributed by atoms with Gasteiger partial charge in [0.05, 0.1) is 0 Å². The van der Waals surface area contributed by atoms with Crippen LogP contribution in [-0.4, -0.2) is 30.6 Å². The zero-order chi connectivity index (χ0) is 17.5. The van der Waals surface area contributed by atoms with E-state index in [4.69, 9.17) is 4.74 Å². The molecule has 0 aliphatic carbocycles. The average Bonchev–Trinajstić information content (AvgIpc) is 2.63. The van der Waals surface area contributed by atoms with Crippen LogP contribution in [0.4, 0.5) is 0 Å². The Morgan fingerprint density at radius 3 is 2.44 bits per heavy atom. The molecule has 0 bridgehead atoms.